The van der Waals surface area contributed by atoms with E-state index in [1.165, 1.54) is 6.07 Å². The zero-order valence-corrected chi connectivity index (χ0v) is 10.5. The minimum atomic E-state index is -1.87. The van der Waals surface area contributed by atoms with Crippen LogP contribution < -0.4 is 5.32 Å². The number of nitrogens with zero attached hydrogens (tertiary/aromatic N) is 2. The topological polar surface area (TPSA) is 73.2 Å². The number of carbonyl (C=O) groups excluding carboxylic acids is 2. The smallest absolute Gasteiger partial charge is 0.342 e. The third-order valence-corrected chi connectivity index (χ3v) is 2.27. The predicted molar refractivity (Wildman–Crippen MR) is 61.9 cm³/mol. The molecule has 0 aliphatic carbocycles. The highest BCUT2D eigenvalue weighted by Gasteiger charge is 2.19. The van der Waals surface area contributed by atoms with Gasteiger partial charge in [0.1, 0.15) is 5.69 Å². The lowest BCUT2D eigenvalue weighted by Crippen LogP contribution is -2.35. The number of alkyl halides is 1. The third-order valence-electron chi connectivity index (χ3n) is 2.27. The molecular formula is C11H16FN3O3. The molecule has 18 heavy (non-hydrogen) atoms. The van der Waals surface area contributed by atoms with Gasteiger partial charge in [-0.15, -0.1) is 0 Å². The van der Waals surface area contributed by atoms with E-state index in [1.54, 1.807) is 10.9 Å². The van der Waals surface area contributed by atoms with Crippen LogP contribution in [-0.2, 0) is 9.53 Å². The molecule has 0 unspecified atom stereocenters. The minimum absolute atomic E-state index is 0.135. The molecule has 1 aromatic rings. The van der Waals surface area contributed by atoms with Gasteiger partial charge >= 0.3 is 5.97 Å². The van der Waals surface area contributed by atoms with Gasteiger partial charge in [-0.25, -0.2) is 9.18 Å². The zero-order chi connectivity index (χ0) is 13.7. The number of rotatable bonds is 5. The van der Waals surface area contributed by atoms with E-state index in [2.05, 4.69) is 15.2 Å². The first-order valence-electron chi connectivity index (χ1n) is 5.51. The molecule has 1 atom stereocenters. The van der Waals surface area contributed by atoms with Crippen molar-refractivity contribution in [3.63, 3.8) is 0 Å². The van der Waals surface area contributed by atoms with Crippen LogP contribution in [-0.4, -0.2) is 41.5 Å². The van der Waals surface area contributed by atoms with Crippen molar-refractivity contribution >= 4 is 11.9 Å². The van der Waals surface area contributed by atoms with Crippen LogP contribution in [0, 0.1) is 0 Å². The van der Waals surface area contributed by atoms with Crippen LogP contribution in [0.1, 0.15) is 30.4 Å². The van der Waals surface area contributed by atoms with E-state index in [0.29, 0.717) is 0 Å². The van der Waals surface area contributed by atoms with E-state index in [1.807, 2.05) is 13.8 Å². The molecule has 0 bridgehead atoms. The number of nitrogens with one attached hydrogen (secondary N) is 1. The van der Waals surface area contributed by atoms with Gasteiger partial charge in [0.25, 0.3) is 5.91 Å². The van der Waals surface area contributed by atoms with Crippen molar-refractivity contribution in [3.8, 4) is 0 Å². The lowest BCUT2D eigenvalue weighted by atomic mass is 10.3. The first kappa shape index (κ1) is 14.1. The first-order valence-corrected chi connectivity index (χ1v) is 5.51. The zero-order valence-electron chi connectivity index (χ0n) is 10.5. The average Bonchev–Trinajstić information content (AvgIpc) is 2.84. The Balaban J connectivity index is 2.52. The second kappa shape index (κ2) is 6.13. The Morgan fingerprint density at radius 3 is 2.72 bits per heavy atom. The number of methoxy groups -OCH3 is 1. The van der Waals surface area contributed by atoms with Gasteiger partial charge in [-0.1, -0.05) is 0 Å². The van der Waals surface area contributed by atoms with Crippen LogP contribution in [0.3, 0.4) is 0 Å². The maximum Gasteiger partial charge on any atom is 0.342 e. The van der Waals surface area contributed by atoms with Crippen molar-refractivity contribution in [2.45, 2.75) is 26.1 Å². The van der Waals surface area contributed by atoms with E-state index in [-0.39, 0.29) is 11.7 Å². The summed E-state index contributed by atoms with van der Waals surface area (Å²) in [5, 5.41) is 6.29. The first-order chi connectivity index (χ1) is 8.45. The second-order valence-corrected chi connectivity index (χ2v) is 3.98. The lowest BCUT2D eigenvalue weighted by Gasteiger charge is -2.07. The molecule has 0 aromatic carbocycles. The Kier molecular flexibility index (Phi) is 4.82. The molecule has 1 heterocycles. The summed E-state index contributed by atoms with van der Waals surface area (Å²) in [6.07, 6.45) is -0.210. The fourth-order valence-electron chi connectivity index (χ4n) is 1.23. The summed E-state index contributed by atoms with van der Waals surface area (Å²) >= 11 is 0. The summed E-state index contributed by atoms with van der Waals surface area (Å²) in [5.74, 6) is -1.54. The highest BCUT2D eigenvalue weighted by atomic mass is 19.1. The normalized spacial score (nSPS) is 12.3. The van der Waals surface area contributed by atoms with Crippen LogP contribution in [0.5, 0.6) is 0 Å². The molecule has 6 nitrogen and oxygen atoms in total. The Morgan fingerprint density at radius 1 is 1.56 bits per heavy atom. The monoisotopic (exact) mass is 257 g/mol. The molecule has 0 fully saturated rings. The maximum absolute atomic E-state index is 13.1. The van der Waals surface area contributed by atoms with Crippen molar-refractivity contribution in [2.75, 3.05) is 13.7 Å². The second-order valence-electron chi connectivity index (χ2n) is 3.98. The fourth-order valence-corrected chi connectivity index (χ4v) is 1.23. The van der Waals surface area contributed by atoms with Crippen molar-refractivity contribution in [3.05, 3.63) is 18.0 Å². The standard InChI is InChI=1S/C11H16FN3O3/c1-7(2)15-5-4-9(14-15)10(16)13-6-8(12)11(17)18-3/h4-5,7-8H,6H2,1-3H3,(H,13,16)/t8-/m0/s1. The number of esters is 1. The van der Waals surface area contributed by atoms with E-state index in [0.717, 1.165) is 7.11 Å². The molecule has 0 spiro atoms. The Hall–Kier alpha value is -1.92. The number of hydrogen-bond donors (Lipinski definition) is 1. The van der Waals surface area contributed by atoms with Crippen molar-refractivity contribution in [2.24, 2.45) is 0 Å². The summed E-state index contributed by atoms with van der Waals surface area (Å²) in [4.78, 5) is 22.4. The third kappa shape index (κ3) is 3.54. The van der Waals surface area contributed by atoms with Crippen LogP contribution in [0.4, 0.5) is 4.39 Å². The molecule has 1 N–H and O–H groups in total. The number of hydrogen-bond acceptors (Lipinski definition) is 4. The summed E-state index contributed by atoms with van der Waals surface area (Å²) in [7, 11) is 1.08. The molecule has 0 radical (unpaired) electrons. The molecule has 1 rings (SSSR count). The number of ether oxygens (including phenoxy) is 1. The number of carbonyl (C=O) groups is 2. The quantitative estimate of drug-likeness (QED) is 0.788. The van der Waals surface area contributed by atoms with Crippen LogP contribution in [0.25, 0.3) is 0 Å². The summed E-state index contributed by atoms with van der Waals surface area (Å²) < 4.78 is 18.9. The van der Waals surface area contributed by atoms with Crippen LogP contribution >= 0.6 is 0 Å². The lowest BCUT2D eigenvalue weighted by molar-refractivity contribution is -0.146. The molecule has 100 valence electrons. The average molecular weight is 257 g/mol. The highest BCUT2D eigenvalue weighted by Crippen LogP contribution is 2.04. The van der Waals surface area contributed by atoms with Crippen molar-refractivity contribution in [1.29, 1.82) is 0 Å². The molecule has 0 aliphatic heterocycles. The summed E-state index contributed by atoms with van der Waals surface area (Å²) in [6, 6.07) is 1.66. The number of aromatic nitrogens is 2. The largest absolute Gasteiger partial charge is 0.467 e. The Labute approximate surface area is 104 Å². The van der Waals surface area contributed by atoms with Gasteiger partial charge in [0.2, 0.25) is 6.17 Å². The van der Waals surface area contributed by atoms with Gasteiger partial charge in [0, 0.05) is 12.2 Å². The van der Waals surface area contributed by atoms with E-state index < -0.39 is 24.6 Å². The molecule has 0 saturated heterocycles. The van der Waals surface area contributed by atoms with Crippen molar-refractivity contribution < 1.29 is 18.7 Å². The van der Waals surface area contributed by atoms with Gasteiger partial charge in [-0.05, 0) is 19.9 Å². The number of halogens is 1. The van der Waals surface area contributed by atoms with Gasteiger partial charge < -0.3 is 10.1 Å². The Morgan fingerprint density at radius 2 is 2.22 bits per heavy atom. The van der Waals surface area contributed by atoms with Gasteiger partial charge in [0.15, 0.2) is 0 Å². The molecule has 0 saturated carbocycles. The molecule has 0 aliphatic rings. The minimum Gasteiger partial charge on any atom is -0.467 e. The van der Waals surface area contributed by atoms with Crippen LogP contribution in [0.2, 0.25) is 0 Å². The van der Waals surface area contributed by atoms with E-state index in [4.69, 9.17) is 0 Å². The van der Waals surface area contributed by atoms with Gasteiger partial charge in [-0.2, -0.15) is 5.10 Å². The highest BCUT2D eigenvalue weighted by molar-refractivity contribution is 5.92. The molecule has 1 amide bonds. The molecule has 7 heteroatoms. The van der Waals surface area contributed by atoms with Crippen molar-refractivity contribution in [1.82, 2.24) is 15.1 Å². The summed E-state index contributed by atoms with van der Waals surface area (Å²) in [6.45, 7) is 3.41. The van der Waals surface area contributed by atoms with E-state index in [9.17, 15) is 14.0 Å². The predicted octanol–water partition coefficient (Wildman–Crippen LogP) is 0.705. The van der Waals surface area contributed by atoms with Gasteiger partial charge in [0.05, 0.1) is 13.7 Å². The molecule has 1 aromatic heterocycles. The van der Waals surface area contributed by atoms with Gasteiger partial charge in [-0.3, -0.25) is 9.48 Å². The van der Waals surface area contributed by atoms with E-state index >= 15 is 0 Å². The number of amides is 1. The molecular weight excluding hydrogens is 241 g/mol. The fraction of sp³-hybridized carbons (Fsp3) is 0.545. The maximum atomic E-state index is 13.1. The SMILES string of the molecule is COC(=O)[C@@H](F)CNC(=O)c1ccn(C(C)C)n1. The van der Waals surface area contributed by atoms with Crippen LogP contribution in [0.15, 0.2) is 12.3 Å². The summed E-state index contributed by atoms with van der Waals surface area (Å²) in [5.41, 5.74) is 0.181. The Bertz CT molecular complexity index is 431.